The van der Waals surface area contributed by atoms with Crippen LogP contribution in [0.15, 0.2) is 10.1 Å². The molecule has 0 heterocycles. The minimum absolute atomic E-state index is 0.524. The molecule has 0 unspecified atom stereocenters. The Labute approximate surface area is 85.1 Å². The zero-order chi connectivity index (χ0) is 8.01. The zero-order valence-corrected chi connectivity index (χ0v) is 9.09. The van der Waals surface area contributed by atoms with Crippen molar-refractivity contribution in [1.29, 1.82) is 0 Å². The monoisotopic (exact) mass is 254 g/mol. The Morgan fingerprint density at radius 3 is 2.09 bits per heavy atom. The van der Waals surface area contributed by atoms with Crippen LogP contribution in [0.1, 0.15) is 19.3 Å². The van der Waals surface area contributed by atoms with E-state index in [0.29, 0.717) is 21.2 Å². The lowest BCUT2D eigenvalue weighted by Crippen LogP contribution is -2.44. The first kappa shape index (κ1) is 8.40. The molecule has 11 heavy (non-hydrogen) atoms. The largest absolute Gasteiger partial charge is 0.106 e. The minimum atomic E-state index is 0.524. The second kappa shape index (κ2) is 2.93. The van der Waals surface area contributed by atoms with Gasteiger partial charge in [-0.25, -0.2) is 0 Å². The van der Waals surface area contributed by atoms with Crippen molar-refractivity contribution in [3.63, 3.8) is 0 Å². The number of alkyl halides is 1. The number of hydrogen-bond acceptors (Lipinski definition) is 0. The molecule has 3 fully saturated rings. The zero-order valence-electron chi connectivity index (χ0n) is 5.99. The van der Waals surface area contributed by atoms with Crippen LogP contribution in [0.4, 0.5) is 0 Å². The molecule has 0 aromatic heterocycles. The molecule has 62 valence electrons. The van der Waals surface area contributed by atoms with Crippen molar-refractivity contribution in [2.45, 2.75) is 24.1 Å². The number of hydrogen-bond donors (Lipinski definition) is 0. The van der Waals surface area contributed by atoms with Gasteiger partial charge in [-0.3, -0.25) is 0 Å². The Kier molecular flexibility index (Phi) is 2.24. The Balaban J connectivity index is 2.24. The summed E-state index contributed by atoms with van der Waals surface area (Å²) in [6.07, 6.45) is 3.84. The summed E-state index contributed by atoms with van der Waals surface area (Å²) in [5.41, 5.74) is 1.31. The predicted molar refractivity (Wildman–Crippen MR) is 52.3 cm³/mol. The highest BCUT2D eigenvalue weighted by Crippen LogP contribution is 2.56. The molecule has 3 aliphatic rings. The summed E-state index contributed by atoms with van der Waals surface area (Å²) in [4.78, 5) is 0.652. The van der Waals surface area contributed by atoms with E-state index in [2.05, 4.69) is 15.9 Å². The molecular weight excluding hydrogens is 247 g/mol. The third-order valence-electron chi connectivity index (χ3n) is 2.82. The summed E-state index contributed by atoms with van der Waals surface area (Å²) >= 11 is 15.2. The first-order chi connectivity index (χ1) is 5.22. The highest BCUT2D eigenvalue weighted by atomic mass is 79.9. The van der Waals surface area contributed by atoms with E-state index in [0.717, 1.165) is 0 Å². The van der Waals surface area contributed by atoms with Crippen LogP contribution >= 0.6 is 39.1 Å². The van der Waals surface area contributed by atoms with Crippen molar-refractivity contribution in [1.82, 2.24) is 0 Å². The molecule has 3 heteroatoms. The summed E-state index contributed by atoms with van der Waals surface area (Å²) in [5, 5.41) is 0. The average Bonchev–Trinajstić information content (AvgIpc) is 2.02. The van der Waals surface area contributed by atoms with E-state index < -0.39 is 0 Å². The summed E-state index contributed by atoms with van der Waals surface area (Å²) in [6.45, 7) is 0. The molecule has 2 atom stereocenters. The fourth-order valence-electron chi connectivity index (χ4n) is 2.25. The highest BCUT2D eigenvalue weighted by molar-refractivity contribution is 9.09. The first-order valence-electron chi connectivity index (χ1n) is 3.91. The van der Waals surface area contributed by atoms with Crippen LogP contribution in [-0.4, -0.2) is 4.83 Å². The van der Waals surface area contributed by atoms with Crippen LogP contribution in [0.25, 0.3) is 0 Å². The fourth-order valence-corrected chi connectivity index (χ4v) is 3.91. The number of halogens is 3. The van der Waals surface area contributed by atoms with E-state index in [1.165, 1.54) is 24.8 Å². The van der Waals surface area contributed by atoms with E-state index in [4.69, 9.17) is 23.2 Å². The molecule has 3 aliphatic carbocycles. The Hall–Kier alpha value is 0.800. The van der Waals surface area contributed by atoms with Gasteiger partial charge in [0.25, 0.3) is 0 Å². The van der Waals surface area contributed by atoms with Crippen LogP contribution in [0, 0.1) is 11.8 Å². The van der Waals surface area contributed by atoms with Gasteiger partial charge in [0.15, 0.2) is 0 Å². The normalized spacial score (nSPS) is 41.7. The standard InChI is InChI=1S/C8H9BrCl2/c9-7-4-2-1-3-5(7)6(4)8(10)11/h4-5,7H,1-3H2/t4-,5-/m1/s1. The van der Waals surface area contributed by atoms with Gasteiger partial charge in [-0.2, -0.15) is 0 Å². The molecule has 0 N–H and O–H groups in total. The van der Waals surface area contributed by atoms with Gasteiger partial charge >= 0.3 is 0 Å². The van der Waals surface area contributed by atoms with Crippen LogP contribution in [0.5, 0.6) is 0 Å². The minimum Gasteiger partial charge on any atom is -0.0878 e. The van der Waals surface area contributed by atoms with E-state index in [9.17, 15) is 0 Å². The van der Waals surface area contributed by atoms with Gasteiger partial charge in [0.1, 0.15) is 4.49 Å². The summed E-state index contributed by atoms with van der Waals surface area (Å²) in [7, 11) is 0. The molecule has 0 aromatic carbocycles. The van der Waals surface area contributed by atoms with E-state index in [1.807, 2.05) is 0 Å². The lowest BCUT2D eigenvalue weighted by Gasteiger charge is -2.49. The lowest BCUT2D eigenvalue weighted by atomic mass is 9.62. The van der Waals surface area contributed by atoms with E-state index in [-0.39, 0.29) is 0 Å². The first-order valence-corrected chi connectivity index (χ1v) is 5.58. The van der Waals surface area contributed by atoms with Gasteiger partial charge in [0.2, 0.25) is 0 Å². The number of fused-ring (bicyclic) bond motifs is 2. The van der Waals surface area contributed by atoms with Gasteiger partial charge in [-0.05, 0) is 30.3 Å². The lowest BCUT2D eigenvalue weighted by molar-refractivity contribution is 0.233. The molecule has 3 saturated carbocycles. The summed E-state index contributed by atoms with van der Waals surface area (Å²) in [6, 6.07) is 0. The van der Waals surface area contributed by atoms with Crippen molar-refractivity contribution in [3.05, 3.63) is 10.1 Å². The van der Waals surface area contributed by atoms with Crippen molar-refractivity contribution >= 4 is 39.1 Å². The SMILES string of the molecule is ClC(Cl)=C1[C@H]2CCC[C@H]1C2Br. The van der Waals surface area contributed by atoms with Gasteiger partial charge in [0, 0.05) is 4.83 Å². The molecule has 0 spiro atoms. The van der Waals surface area contributed by atoms with Crippen molar-refractivity contribution < 1.29 is 0 Å². The molecule has 2 bridgehead atoms. The number of allylic oxidation sites excluding steroid dienone is 1. The fraction of sp³-hybridized carbons (Fsp3) is 0.750. The maximum atomic E-state index is 5.77. The van der Waals surface area contributed by atoms with E-state index in [1.54, 1.807) is 0 Å². The third-order valence-corrected chi connectivity index (χ3v) is 4.53. The molecule has 0 saturated heterocycles. The van der Waals surface area contributed by atoms with Gasteiger partial charge in [-0.1, -0.05) is 45.6 Å². The molecule has 0 nitrogen and oxygen atoms in total. The van der Waals surface area contributed by atoms with Crippen LogP contribution in [0.3, 0.4) is 0 Å². The Morgan fingerprint density at radius 2 is 1.82 bits per heavy atom. The Bertz CT molecular complexity index is 194. The Morgan fingerprint density at radius 1 is 1.27 bits per heavy atom. The third kappa shape index (κ3) is 1.16. The smallest absolute Gasteiger partial charge is 0.0878 e. The second-order valence-corrected chi connectivity index (χ2v) is 5.31. The van der Waals surface area contributed by atoms with Gasteiger partial charge in [0.05, 0.1) is 0 Å². The van der Waals surface area contributed by atoms with Crippen LogP contribution in [-0.2, 0) is 0 Å². The van der Waals surface area contributed by atoms with E-state index >= 15 is 0 Å². The second-order valence-electron chi connectivity index (χ2n) is 3.30. The number of rotatable bonds is 0. The van der Waals surface area contributed by atoms with Crippen molar-refractivity contribution in [2.75, 3.05) is 0 Å². The quantitative estimate of drug-likeness (QED) is 0.577. The van der Waals surface area contributed by atoms with Crippen molar-refractivity contribution in [3.8, 4) is 0 Å². The summed E-state index contributed by atoms with van der Waals surface area (Å²) < 4.78 is 0.524. The molecule has 0 aromatic rings. The maximum absolute atomic E-state index is 5.77. The van der Waals surface area contributed by atoms with Crippen LogP contribution < -0.4 is 0 Å². The molecular formula is C8H9BrCl2. The van der Waals surface area contributed by atoms with Gasteiger partial charge < -0.3 is 0 Å². The average molecular weight is 256 g/mol. The molecule has 0 aliphatic heterocycles. The molecule has 0 radical (unpaired) electrons. The molecule has 0 amide bonds. The molecule has 3 rings (SSSR count). The highest BCUT2D eigenvalue weighted by Gasteiger charge is 2.47. The predicted octanol–water partition coefficient (Wildman–Crippen LogP) is 3.87. The summed E-state index contributed by atoms with van der Waals surface area (Å²) in [5.74, 6) is 1.28. The van der Waals surface area contributed by atoms with Crippen LogP contribution in [0.2, 0.25) is 0 Å². The topological polar surface area (TPSA) is 0 Å². The van der Waals surface area contributed by atoms with Crippen molar-refractivity contribution in [2.24, 2.45) is 11.8 Å². The van der Waals surface area contributed by atoms with Gasteiger partial charge in [-0.15, -0.1) is 0 Å². The maximum Gasteiger partial charge on any atom is 0.106 e.